The van der Waals surface area contributed by atoms with Gasteiger partial charge >= 0.3 is 0 Å². The van der Waals surface area contributed by atoms with E-state index in [-0.39, 0.29) is 0 Å². The van der Waals surface area contributed by atoms with Gasteiger partial charge in [0.15, 0.2) is 5.96 Å². The standard InChI is InChI=1S/C18H35N5O/c1-8-19-18(21-12-17-22-15(6)16(7)24-17)20-10-9-11-23(13(2)3)14(4)5/h13-14H,8-12H2,1-7H3,(H2,19,20,21). The van der Waals surface area contributed by atoms with Gasteiger partial charge in [-0.1, -0.05) is 0 Å². The predicted octanol–water partition coefficient (Wildman–Crippen LogP) is 2.86. The maximum atomic E-state index is 5.57. The van der Waals surface area contributed by atoms with E-state index in [2.05, 4.69) is 60.1 Å². The van der Waals surface area contributed by atoms with Crippen LogP contribution in [-0.4, -0.2) is 47.6 Å². The van der Waals surface area contributed by atoms with Crippen LogP contribution in [0, 0.1) is 13.8 Å². The summed E-state index contributed by atoms with van der Waals surface area (Å²) >= 11 is 0. The Hall–Kier alpha value is -1.56. The average Bonchev–Trinajstić information content (AvgIpc) is 2.82. The Labute approximate surface area is 147 Å². The normalized spacial score (nSPS) is 12.5. The molecule has 0 bridgehead atoms. The summed E-state index contributed by atoms with van der Waals surface area (Å²) in [5, 5.41) is 6.65. The molecule has 138 valence electrons. The first-order chi connectivity index (χ1) is 11.3. The summed E-state index contributed by atoms with van der Waals surface area (Å²) in [6.07, 6.45) is 1.08. The van der Waals surface area contributed by atoms with Gasteiger partial charge in [0.1, 0.15) is 12.3 Å². The van der Waals surface area contributed by atoms with Crippen molar-refractivity contribution in [2.75, 3.05) is 19.6 Å². The molecule has 2 N–H and O–H groups in total. The molecule has 1 aromatic heterocycles. The molecular formula is C18H35N5O. The number of rotatable bonds is 9. The van der Waals surface area contributed by atoms with Crippen molar-refractivity contribution in [1.29, 1.82) is 0 Å². The summed E-state index contributed by atoms with van der Waals surface area (Å²) < 4.78 is 5.57. The molecule has 0 saturated carbocycles. The van der Waals surface area contributed by atoms with Crippen LogP contribution in [0.5, 0.6) is 0 Å². The smallest absolute Gasteiger partial charge is 0.216 e. The van der Waals surface area contributed by atoms with Gasteiger partial charge in [0.25, 0.3) is 0 Å². The lowest BCUT2D eigenvalue weighted by atomic mass is 10.2. The van der Waals surface area contributed by atoms with Gasteiger partial charge < -0.3 is 15.1 Å². The van der Waals surface area contributed by atoms with Crippen LogP contribution in [0.4, 0.5) is 0 Å². The number of nitrogens with zero attached hydrogens (tertiary/aromatic N) is 3. The Bertz CT molecular complexity index is 480. The van der Waals surface area contributed by atoms with Crippen LogP contribution in [0.15, 0.2) is 9.41 Å². The summed E-state index contributed by atoms with van der Waals surface area (Å²) in [5.74, 6) is 2.33. The lowest BCUT2D eigenvalue weighted by Gasteiger charge is -2.30. The lowest BCUT2D eigenvalue weighted by molar-refractivity contribution is 0.173. The zero-order valence-electron chi connectivity index (χ0n) is 16.4. The second-order valence-electron chi connectivity index (χ2n) is 6.65. The molecule has 0 unspecified atom stereocenters. The first kappa shape index (κ1) is 20.5. The van der Waals surface area contributed by atoms with Crippen molar-refractivity contribution < 1.29 is 4.42 Å². The Balaban J connectivity index is 2.46. The van der Waals surface area contributed by atoms with E-state index in [4.69, 9.17) is 4.42 Å². The van der Waals surface area contributed by atoms with Crippen LogP contribution in [0.2, 0.25) is 0 Å². The fourth-order valence-electron chi connectivity index (χ4n) is 2.68. The molecular weight excluding hydrogens is 302 g/mol. The summed E-state index contributed by atoms with van der Waals surface area (Å²) in [6, 6.07) is 1.15. The molecule has 0 saturated heterocycles. The van der Waals surface area contributed by atoms with Gasteiger partial charge in [0.05, 0.1) is 5.69 Å². The van der Waals surface area contributed by atoms with Gasteiger partial charge in [-0.2, -0.15) is 0 Å². The summed E-state index contributed by atoms with van der Waals surface area (Å²) in [4.78, 5) is 11.4. The topological polar surface area (TPSA) is 65.7 Å². The van der Waals surface area contributed by atoms with Crippen LogP contribution >= 0.6 is 0 Å². The molecule has 1 aromatic rings. The Morgan fingerprint density at radius 3 is 2.33 bits per heavy atom. The van der Waals surface area contributed by atoms with E-state index in [1.54, 1.807) is 0 Å². The number of aryl methyl sites for hydroxylation is 2. The van der Waals surface area contributed by atoms with Gasteiger partial charge in [-0.25, -0.2) is 9.98 Å². The predicted molar refractivity (Wildman–Crippen MR) is 100 cm³/mol. The van der Waals surface area contributed by atoms with Crippen LogP contribution in [0.1, 0.15) is 58.4 Å². The number of hydrogen-bond donors (Lipinski definition) is 2. The van der Waals surface area contributed by atoms with E-state index >= 15 is 0 Å². The number of aromatic nitrogens is 1. The fourth-order valence-corrected chi connectivity index (χ4v) is 2.68. The van der Waals surface area contributed by atoms with E-state index in [0.717, 1.165) is 43.5 Å². The van der Waals surface area contributed by atoms with Crippen molar-refractivity contribution in [2.45, 2.75) is 73.5 Å². The zero-order valence-corrected chi connectivity index (χ0v) is 16.4. The van der Waals surface area contributed by atoms with Crippen molar-refractivity contribution in [3.63, 3.8) is 0 Å². The van der Waals surface area contributed by atoms with Gasteiger partial charge in [0, 0.05) is 31.7 Å². The third-order valence-corrected chi connectivity index (χ3v) is 4.00. The van der Waals surface area contributed by atoms with Gasteiger partial charge in [-0.05, 0) is 54.9 Å². The molecule has 0 aliphatic heterocycles. The van der Waals surface area contributed by atoms with Crippen molar-refractivity contribution in [2.24, 2.45) is 4.99 Å². The minimum Gasteiger partial charge on any atom is -0.444 e. The zero-order chi connectivity index (χ0) is 18.1. The third-order valence-electron chi connectivity index (χ3n) is 4.00. The number of hydrogen-bond acceptors (Lipinski definition) is 4. The van der Waals surface area contributed by atoms with Crippen molar-refractivity contribution >= 4 is 5.96 Å². The summed E-state index contributed by atoms with van der Waals surface area (Å²) in [7, 11) is 0. The maximum absolute atomic E-state index is 5.57. The van der Waals surface area contributed by atoms with Crippen LogP contribution in [0.3, 0.4) is 0 Å². The second-order valence-corrected chi connectivity index (χ2v) is 6.65. The molecule has 0 fully saturated rings. The van der Waals surface area contributed by atoms with E-state index in [9.17, 15) is 0 Å². The third kappa shape index (κ3) is 6.91. The van der Waals surface area contributed by atoms with E-state index in [1.165, 1.54) is 0 Å². The monoisotopic (exact) mass is 337 g/mol. The first-order valence-corrected chi connectivity index (χ1v) is 9.06. The molecule has 0 radical (unpaired) electrons. The minimum atomic E-state index is 0.453. The number of oxazole rings is 1. The second kappa shape index (κ2) is 10.3. The maximum Gasteiger partial charge on any atom is 0.216 e. The molecule has 0 spiro atoms. The van der Waals surface area contributed by atoms with Crippen LogP contribution in [0.25, 0.3) is 0 Å². The van der Waals surface area contributed by atoms with Crippen molar-refractivity contribution in [1.82, 2.24) is 20.5 Å². The number of guanidine groups is 1. The fraction of sp³-hybridized carbons (Fsp3) is 0.778. The minimum absolute atomic E-state index is 0.453. The SMILES string of the molecule is CCNC(=NCc1nc(C)c(C)o1)NCCCN(C(C)C)C(C)C. The number of nitrogens with one attached hydrogen (secondary N) is 2. The molecule has 0 aromatic carbocycles. The Morgan fingerprint density at radius 1 is 1.17 bits per heavy atom. The van der Waals surface area contributed by atoms with E-state index in [1.807, 2.05) is 13.8 Å². The molecule has 0 aliphatic rings. The van der Waals surface area contributed by atoms with E-state index in [0.29, 0.717) is 24.5 Å². The summed E-state index contributed by atoms with van der Waals surface area (Å²) in [5.41, 5.74) is 0.931. The molecule has 0 amide bonds. The highest BCUT2D eigenvalue weighted by Crippen LogP contribution is 2.09. The van der Waals surface area contributed by atoms with E-state index < -0.39 is 0 Å². The quantitative estimate of drug-likeness (QED) is 0.412. The van der Waals surface area contributed by atoms with Crippen LogP contribution < -0.4 is 10.6 Å². The molecule has 0 atom stereocenters. The van der Waals surface area contributed by atoms with Crippen molar-refractivity contribution in [3.05, 3.63) is 17.3 Å². The molecule has 24 heavy (non-hydrogen) atoms. The molecule has 1 rings (SSSR count). The average molecular weight is 338 g/mol. The first-order valence-electron chi connectivity index (χ1n) is 9.06. The molecule has 1 heterocycles. The highest BCUT2D eigenvalue weighted by Gasteiger charge is 2.12. The lowest BCUT2D eigenvalue weighted by Crippen LogP contribution is -2.41. The highest BCUT2D eigenvalue weighted by molar-refractivity contribution is 5.79. The number of aliphatic imine (C=N–C) groups is 1. The van der Waals surface area contributed by atoms with Crippen LogP contribution in [-0.2, 0) is 6.54 Å². The largest absolute Gasteiger partial charge is 0.444 e. The molecule has 6 nitrogen and oxygen atoms in total. The highest BCUT2D eigenvalue weighted by atomic mass is 16.4. The van der Waals surface area contributed by atoms with Gasteiger partial charge in [-0.3, -0.25) is 4.90 Å². The molecule has 0 aliphatic carbocycles. The Morgan fingerprint density at radius 2 is 1.83 bits per heavy atom. The summed E-state index contributed by atoms with van der Waals surface area (Å²) in [6.45, 7) is 18.2. The van der Waals surface area contributed by atoms with Crippen molar-refractivity contribution in [3.8, 4) is 0 Å². The van der Waals surface area contributed by atoms with Gasteiger partial charge in [-0.15, -0.1) is 0 Å². The molecule has 6 heteroatoms. The Kier molecular flexibility index (Phi) is 8.82. The van der Waals surface area contributed by atoms with Gasteiger partial charge in [0.2, 0.25) is 5.89 Å².